The molecule has 1 heterocycles. The van der Waals surface area contributed by atoms with Gasteiger partial charge in [0.1, 0.15) is 11.5 Å². The summed E-state index contributed by atoms with van der Waals surface area (Å²) in [7, 11) is 0. The van der Waals surface area contributed by atoms with Gasteiger partial charge in [-0.05, 0) is 35.7 Å². The fraction of sp³-hybridized carbons (Fsp3) is 0.217. The van der Waals surface area contributed by atoms with E-state index in [9.17, 15) is 27.5 Å². The van der Waals surface area contributed by atoms with E-state index in [0.717, 1.165) is 18.1 Å². The molecule has 0 unspecified atom stereocenters. The van der Waals surface area contributed by atoms with E-state index >= 15 is 0 Å². The van der Waals surface area contributed by atoms with Gasteiger partial charge in [0.25, 0.3) is 5.91 Å². The van der Waals surface area contributed by atoms with E-state index in [2.05, 4.69) is 4.98 Å². The Balaban J connectivity index is 2.01. The lowest BCUT2D eigenvalue weighted by molar-refractivity contribution is -0.245. The lowest BCUT2D eigenvalue weighted by Crippen LogP contribution is -2.49. The largest absolute Gasteiger partial charge is 0.422 e. The van der Waals surface area contributed by atoms with Crippen LogP contribution in [0.4, 0.5) is 17.6 Å². The minimum absolute atomic E-state index is 0.0881. The molecule has 0 bridgehead atoms. The van der Waals surface area contributed by atoms with E-state index in [1.54, 1.807) is 30.3 Å². The van der Waals surface area contributed by atoms with Gasteiger partial charge in [-0.3, -0.25) is 4.79 Å². The number of carbonyl (C=O) groups excluding carboxylic acids is 1. The van der Waals surface area contributed by atoms with E-state index < -0.39 is 35.6 Å². The molecule has 0 saturated carbocycles. The molecule has 7 N–H and O–H groups in total. The molecule has 1 amide bonds. The van der Waals surface area contributed by atoms with Gasteiger partial charge in [-0.25, -0.2) is 15.2 Å². The zero-order valence-electron chi connectivity index (χ0n) is 18.1. The maximum Gasteiger partial charge on any atom is 0.422 e. The smallest absolute Gasteiger partial charge is 0.398 e. The summed E-state index contributed by atoms with van der Waals surface area (Å²) >= 11 is 0. The van der Waals surface area contributed by atoms with E-state index in [0.29, 0.717) is 22.0 Å². The third-order valence-corrected chi connectivity index (χ3v) is 5.42. The Kier molecular flexibility index (Phi) is 6.80. The van der Waals surface area contributed by atoms with Crippen LogP contribution in [0, 0.1) is 5.82 Å². The number of nitrogens with two attached hydrogens (primary N) is 3. The summed E-state index contributed by atoms with van der Waals surface area (Å²) in [6, 6.07) is 12.2. The minimum atomic E-state index is -4.98. The first-order valence-electron chi connectivity index (χ1n) is 10.1. The zero-order chi connectivity index (χ0) is 25.3. The summed E-state index contributed by atoms with van der Waals surface area (Å²) in [6.07, 6.45) is -4.87. The average molecular weight is 477 g/mol. The molecule has 1 aromatic heterocycles. The minimum Gasteiger partial charge on any atom is -0.398 e. The van der Waals surface area contributed by atoms with Crippen LogP contribution in [0.1, 0.15) is 29.4 Å². The van der Waals surface area contributed by atoms with Crippen molar-refractivity contribution in [2.45, 2.75) is 31.7 Å². The number of hydrazine groups is 1. The van der Waals surface area contributed by atoms with Crippen molar-refractivity contribution in [1.82, 2.24) is 9.99 Å². The van der Waals surface area contributed by atoms with Crippen LogP contribution < -0.4 is 17.3 Å². The molecule has 7 nitrogen and oxygen atoms in total. The molecule has 0 saturated heterocycles. The van der Waals surface area contributed by atoms with Gasteiger partial charge < -0.3 is 21.6 Å². The van der Waals surface area contributed by atoms with Crippen molar-refractivity contribution in [3.8, 4) is 11.1 Å². The summed E-state index contributed by atoms with van der Waals surface area (Å²) in [4.78, 5) is 16.0. The maximum absolute atomic E-state index is 14.4. The number of benzene rings is 2. The summed E-state index contributed by atoms with van der Waals surface area (Å²) in [5, 5.41) is 11.4. The maximum atomic E-state index is 14.4. The van der Waals surface area contributed by atoms with Crippen LogP contribution in [0.5, 0.6) is 0 Å². The van der Waals surface area contributed by atoms with Crippen LogP contribution in [0.15, 0.2) is 60.4 Å². The van der Waals surface area contributed by atoms with Crippen molar-refractivity contribution in [3.05, 3.63) is 77.5 Å². The van der Waals surface area contributed by atoms with Crippen LogP contribution in [0.25, 0.3) is 22.0 Å². The molecular weight excluding hydrogens is 454 g/mol. The fourth-order valence-corrected chi connectivity index (χ4v) is 3.51. The molecule has 0 radical (unpaired) electrons. The average Bonchev–Trinajstić information content (AvgIpc) is 2.76. The highest BCUT2D eigenvalue weighted by molar-refractivity contribution is 6.01. The van der Waals surface area contributed by atoms with Crippen LogP contribution in [-0.2, 0) is 6.54 Å². The number of aromatic nitrogens is 1. The predicted molar refractivity (Wildman–Crippen MR) is 119 cm³/mol. The number of rotatable bonds is 7. The van der Waals surface area contributed by atoms with Crippen LogP contribution in [-0.4, -0.2) is 32.8 Å². The summed E-state index contributed by atoms with van der Waals surface area (Å²) in [6.45, 7) is 1.04. The van der Waals surface area contributed by atoms with E-state index in [-0.39, 0.29) is 17.8 Å². The molecule has 0 aliphatic heterocycles. The van der Waals surface area contributed by atoms with E-state index in [4.69, 9.17) is 17.3 Å². The Morgan fingerprint density at radius 2 is 1.79 bits per heavy atom. The van der Waals surface area contributed by atoms with Crippen LogP contribution in [0.2, 0.25) is 0 Å². The summed E-state index contributed by atoms with van der Waals surface area (Å²) in [5.74, 6) is 4.50. The molecule has 0 aliphatic carbocycles. The third-order valence-electron chi connectivity index (χ3n) is 5.42. The molecule has 2 aromatic carbocycles. The van der Waals surface area contributed by atoms with Crippen molar-refractivity contribution in [1.29, 1.82) is 0 Å². The van der Waals surface area contributed by atoms with Crippen LogP contribution >= 0.6 is 0 Å². The number of nitrogens with zero attached hydrogens (tertiary/aromatic N) is 2. The fourth-order valence-electron chi connectivity index (χ4n) is 3.51. The molecular formula is C23H23F4N5O2. The predicted octanol–water partition coefficient (Wildman–Crippen LogP) is 3.32. The van der Waals surface area contributed by atoms with Gasteiger partial charge in [0, 0.05) is 17.1 Å². The second-order valence-electron chi connectivity index (χ2n) is 7.72. The number of fused-ring (bicyclic) bond motifs is 1. The molecule has 1 atom stereocenters. The Hall–Kier alpha value is -3.70. The summed E-state index contributed by atoms with van der Waals surface area (Å²) in [5.41, 5.74) is 8.18. The highest BCUT2D eigenvalue weighted by Crippen LogP contribution is 2.37. The highest BCUT2D eigenvalue weighted by atomic mass is 19.4. The first-order chi connectivity index (χ1) is 15.9. The van der Waals surface area contributed by atoms with Gasteiger partial charge in [-0.2, -0.15) is 13.2 Å². The number of alkyl halides is 3. The number of amides is 1. The number of carbonyl (C=O) groups is 1. The quantitative estimate of drug-likeness (QED) is 0.235. The number of aliphatic hydroxyl groups is 1. The van der Waals surface area contributed by atoms with E-state index in [1.165, 1.54) is 18.2 Å². The molecule has 180 valence electrons. The topological polar surface area (TPSA) is 131 Å². The Morgan fingerprint density at radius 3 is 2.38 bits per heavy atom. The monoisotopic (exact) mass is 477 g/mol. The lowest BCUT2D eigenvalue weighted by atomic mass is 9.96. The normalized spacial score (nSPS) is 14.1. The lowest BCUT2D eigenvalue weighted by Gasteiger charge is -2.30. The molecule has 3 rings (SSSR count). The number of halogens is 4. The number of pyridine rings is 1. The summed E-state index contributed by atoms with van der Waals surface area (Å²) < 4.78 is 54.1. The Bertz CT molecular complexity index is 1260. The van der Waals surface area contributed by atoms with Crippen LogP contribution in [0.3, 0.4) is 0 Å². The SMILES string of the molecule is CC[C@](O)(/C(N)=C/N(N)Cc1ccc2c(-c3ccccc3F)cc(C(N)=O)nc2c1)C(F)(F)F. The number of hydrogen-bond donors (Lipinski definition) is 4. The standard InChI is InChI=1S/C23H23F4N5O2/c1-2-22(34,23(25,26)27)20(28)12-32(30)11-13-7-8-15-16(14-5-3-4-6-17(14)24)10-19(21(29)33)31-18(15)9-13/h3-10,12,34H,2,11,28,30H2,1H3,(H2,29,33)/b20-12-/t22-/m0/s1. The van der Waals surface area contributed by atoms with Gasteiger partial charge in [0.15, 0.2) is 0 Å². The van der Waals surface area contributed by atoms with Gasteiger partial charge in [0.05, 0.1) is 17.8 Å². The van der Waals surface area contributed by atoms with Gasteiger partial charge in [0.2, 0.25) is 5.60 Å². The molecule has 0 aliphatic rings. The number of primary amides is 1. The van der Waals surface area contributed by atoms with E-state index in [1.807, 2.05) is 0 Å². The Morgan fingerprint density at radius 1 is 1.12 bits per heavy atom. The number of hydrogen-bond acceptors (Lipinski definition) is 6. The first kappa shape index (κ1) is 24.9. The molecule has 0 fully saturated rings. The van der Waals surface area contributed by atoms with Gasteiger partial charge >= 0.3 is 6.18 Å². The highest BCUT2D eigenvalue weighted by Gasteiger charge is 2.54. The Labute approximate surface area is 192 Å². The zero-order valence-corrected chi connectivity index (χ0v) is 18.1. The van der Waals surface area contributed by atoms with Gasteiger partial charge in [-0.1, -0.05) is 37.3 Å². The third kappa shape index (κ3) is 4.80. The second-order valence-corrected chi connectivity index (χ2v) is 7.72. The molecule has 0 spiro atoms. The van der Waals surface area contributed by atoms with Crippen molar-refractivity contribution in [2.75, 3.05) is 0 Å². The van der Waals surface area contributed by atoms with Crippen molar-refractivity contribution in [2.24, 2.45) is 17.3 Å². The molecule has 11 heteroatoms. The van der Waals surface area contributed by atoms with Gasteiger partial charge in [-0.15, -0.1) is 0 Å². The van der Waals surface area contributed by atoms with Crippen molar-refractivity contribution >= 4 is 16.8 Å². The van der Waals surface area contributed by atoms with Crippen molar-refractivity contribution in [3.63, 3.8) is 0 Å². The molecule has 34 heavy (non-hydrogen) atoms. The second kappa shape index (κ2) is 9.27. The first-order valence-corrected chi connectivity index (χ1v) is 10.1. The van der Waals surface area contributed by atoms with Crippen molar-refractivity contribution < 1.29 is 27.5 Å². The molecule has 3 aromatic rings.